The van der Waals surface area contributed by atoms with Crippen molar-refractivity contribution in [3.05, 3.63) is 82.3 Å². The minimum absolute atomic E-state index is 0.0601. The number of nitroso groups, excluding NO2 is 1. The van der Waals surface area contributed by atoms with Crippen molar-refractivity contribution in [1.29, 1.82) is 0 Å². The molecule has 0 unspecified atom stereocenters. The zero-order valence-corrected chi connectivity index (χ0v) is 16.8. The van der Waals surface area contributed by atoms with Crippen molar-refractivity contribution in [2.45, 2.75) is 13.8 Å². The van der Waals surface area contributed by atoms with E-state index in [1.54, 1.807) is 48.5 Å². The van der Waals surface area contributed by atoms with Crippen molar-refractivity contribution in [2.75, 3.05) is 5.32 Å². The number of benzene rings is 3. The Hall–Kier alpha value is -4.33. The highest BCUT2D eigenvalue weighted by molar-refractivity contribution is 6.05. The van der Waals surface area contributed by atoms with Gasteiger partial charge >= 0.3 is 5.82 Å². The lowest BCUT2D eigenvalue weighted by Gasteiger charge is -2.09. The number of anilines is 1. The molecule has 0 bridgehead atoms. The number of carbonyl (C=O) groups excluding carboxylic acids is 2. The van der Waals surface area contributed by atoms with Gasteiger partial charge in [0.2, 0.25) is 5.52 Å². The lowest BCUT2D eigenvalue weighted by atomic mass is 10.1. The molecule has 8 heteroatoms. The van der Waals surface area contributed by atoms with Crippen molar-refractivity contribution in [1.82, 2.24) is 4.98 Å². The number of nitrogens with zero attached hydrogens (tertiary/aromatic N) is 2. The Bertz CT molecular complexity index is 1340. The molecule has 0 fully saturated rings. The highest BCUT2D eigenvalue weighted by atomic mass is 16.5. The Kier molecular flexibility index (Phi) is 5.04. The quantitative estimate of drug-likeness (QED) is 0.192. The van der Waals surface area contributed by atoms with Gasteiger partial charge in [-0.25, -0.2) is 4.98 Å². The summed E-state index contributed by atoms with van der Waals surface area (Å²) in [5.74, 6) is 0.0802. The first-order chi connectivity index (χ1) is 14.9. The molecule has 3 N–H and O–H groups in total. The molecule has 0 saturated carbocycles. The average Bonchev–Trinajstić information content (AvgIpc) is 3.11. The number of nitrogens with one attached hydrogen (secondary N) is 2. The molecule has 0 aliphatic heterocycles. The summed E-state index contributed by atoms with van der Waals surface area (Å²) in [5, 5.41) is 16.3. The first kappa shape index (κ1) is 20.0. The first-order valence-corrected chi connectivity index (χ1v) is 9.51. The summed E-state index contributed by atoms with van der Waals surface area (Å²) >= 11 is 0. The maximum absolute atomic E-state index is 12.6. The third-order valence-corrected chi connectivity index (χ3v) is 5.08. The average molecular weight is 415 g/mol. The van der Waals surface area contributed by atoms with Gasteiger partial charge in [0.1, 0.15) is 5.69 Å². The van der Waals surface area contributed by atoms with Gasteiger partial charge in [0, 0.05) is 22.9 Å². The van der Waals surface area contributed by atoms with Crippen LogP contribution in [0.1, 0.15) is 33.2 Å². The number of Topliss-reactive ketones (excluding diaryl/α,β-unsaturated/α-hetero) is 1. The minimum Gasteiger partial charge on any atom is -0.349 e. The molecule has 0 aliphatic rings. The monoisotopic (exact) mass is 415 g/mol. The number of fused-ring (bicyclic) bond motifs is 1. The SMILES string of the molecule is CC(=O)c1ccc(C(=O)Nc2ccc(-c3[nH]c4ccc(N=O)cc4[n+]3O)cc2C)cc1. The highest BCUT2D eigenvalue weighted by Crippen LogP contribution is 2.26. The smallest absolute Gasteiger partial charge is 0.327 e. The molecule has 0 saturated heterocycles. The number of rotatable bonds is 5. The predicted molar refractivity (Wildman–Crippen MR) is 116 cm³/mol. The van der Waals surface area contributed by atoms with E-state index in [4.69, 9.17) is 0 Å². The van der Waals surface area contributed by atoms with Crippen LogP contribution >= 0.6 is 0 Å². The Morgan fingerprint density at radius 1 is 1.00 bits per heavy atom. The van der Waals surface area contributed by atoms with Crippen molar-refractivity contribution in [3.63, 3.8) is 0 Å². The van der Waals surface area contributed by atoms with E-state index in [9.17, 15) is 19.7 Å². The highest BCUT2D eigenvalue weighted by Gasteiger charge is 2.21. The molecule has 1 aromatic heterocycles. The summed E-state index contributed by atoms with van der Waals surface area (Å²) in [6.07, 6.45) is 0. The summed E-state index contributed by atoms with van der Waals surface area (Å²) < 4.78 is 0.966. The maximum atomic E-state index is 12.6. The predicted octanol–water partition coefficient (Wildman–Crippen LogP) is 4.52. The van der Waals surface area contributed by atoms with Gasteiger partial charge < -0.3 is 10.5 Å². The topological polar surface area (TPSA) is 115 Å². The zero-order valence-electron chi connectivity index (χ0n) is 16.8. The van der Waals surface area contributed by atoms with Gasteiger partial charge in [0.25, 0.3) is 5.91 Å². The molecule has 1 amide bonds. The van der Waals surface area contributed by atoms with Crippen molar-refractivity contribution < 1.29 is 19.5 Å². The third kappa shape index (κ3) is 3.78. The second-order valence-electron chi connectivity index (χ2n) is 7.20. The number of imidazole rings is 1. The molecule has 154 valence electrons. The molecular formula is C23H19N4O4+. The van der Waals surface area contributed by atoms with Crippen LogP contribution in [0.15, 0.2) is 65.8 Å². The number of carbonyl (C=O) groups is 2. The molecule has 0 aliphatic carbocycles. The van der Waals surface area contributed by atoms with E-state index in [0.717, 1.165) is 10.3 Å². The number of hydrogen-bond acceptors (Lipinski definition) is 5. The summed E-state index contributed by atoms with van der Waals surface area (Å²) in [6, 6.07) is 16.5. The fourth-order valence-corrected chi connectivity index (χ4v) is 3.36. The van der Waals surface area contributed by atoms with Gasteiger partial charge in [-0.2, -0.15) is 0 Å². The Labute approximate surface area is 177 Å². The molecule has 0 spiro atoms. The molecule has 3 aromatic carbocycles. The summed E-state index contributed by atoms with van der Waals surface area (Å²) in [7, 11) is 0. The second kappa shape index (κ2) is 7.83. The van der Waals surface area contributed by atoms with E-state index in [2.05, 4.69) is 15.5 Å². The molecule has 4 aromatic rings. The van der Waals surface area contributed by atoms with Crippen LogP contribution in [-0.2, 0) is 0 Å². The standard InChI is InChI=1S/C23H18N4O4/c1-13-11-17(22-24-20-10-8-18(26-30)12-21(20)27(22)31)7-9-19(13)25-23(29)16-5-3-15(4-6-16)14(2)28/h3-12,31H,1-2H3,(H,24,25,29,30)/p+1. The molecule has 31 heavy (non-hydrogen) atoms. The normalized spacial score (nSPS) is 10.8. The number of aromatic nitrogens is 2. The fourth-order valence-electron chi connectivity index (χ4n) is 3.36. The van der Waals surface area contributed by atoms with E-state index in [1.165, 1.54) is 13.0 Å². The maximum Gasteiger partial charge on any atom is 0.327 e. The molecular weight excluding hydrogens is 396 g/mol. The van der Waals surface area contributed by atoms with E-state index in [-0.39, 0.29) is 17.4 Å². The minimum atomic E-state index is -0.289. The van der Waals surface area contributed by atoms with Crippen LogP contribution in [-0.4, -0.2) is 21.9 Å². The Balaban J connectivity index is 1.60. The Morgan fingerprint density at radius 3 is 2.35 bits per heavy atom. The fraction of sp³-hybridized carbons (Fsp3) is 0.0870. The van der Waals surface area contributed by atoms with Crippen LogP contribution in [0.4, 0.5) is 11.4 Å². The summed E-state index contributed by atoms with van der Waals surface area (Å²) in [5.41, 5.74) is 4.38. The lowest BCUT2D eigenvalue weighted by molar-refractivity contribution is -0.875. The van der Waals surface area contributed by atoms with E-state index in [1.807, 2.05) is 13.0 Å². The van der Waals surface area contributed by atoms with Crippen molar-refractivity contribution >= 4 is 34.1 Å². The molecule has 0 radical (unpaired) electrons. The van der Waals surface area contributed by atoms with Crippen LogP contribution in [0.25, 0.3) is 22.4 Å². The molecule has 1 heterocycles. The van der Waals surface area contributed by atoms with Gasteiger partial charge in [0.15, 0.2) is 11.3 Å². The van der Waals surface area contributed by atoms with E-state index < -0.39 is 0 Å². The molecule has 4 rings (SSSR count). The van der Waals surface area contributed by atoms with E-state index >= 15 is 0 Å². The number of amides is 1. The van der Waals surface area contributed by atoms with Crippen molar-refractivity contribution in [3.8, 4) is 11.4 Å². The zero-order chi connectivity index (χ0) is 22.1. The van der Waals surface area contributed by atoms with Crippen LogP contribution in [0, 0.1) is 11.8 Å². The molecule has 8 nitrogen and oxygen atoms in total. The second-order valence-corrected chi connectivity index (χ2v) is 7.20. The largest absolute Gasteiger partial charge is 0.349 e. The molecule has 0 atom stereocenters. The van der Waals surface area contributed by atoms with Gasteiger partial charge in [-0.3, -0.25) is 9.59 Å². The van der Waals surface area contributed by atoms with Gasteiger partial charge in [0.05, 0.1) is 5.56 Å². The number of hydrogen-bond donors (Lipinski definition) is 3. The summed E-state index contributed by atoms with van der Waals surface area (Å²) in [6.45, 7) is 3.32. The van der Waals surface area contributed by atoms with Gasteiger partial charge in [-0.05, 0) is 71.8 Å². The van der Waals surface area contributed by atoms with Crippen LogP contribution in [0.5, 0.6) is 0 Å². The lowest BCUT2D eigenvalue weighted by Crippen LogP contribution is -2.30. The van der Waals surface area contributed by atoms with Crippen LogP contribution < -0.4 is 10.0 Å². The van der Waals surface area contributed by atoms with Crippen molar-refractivity contribution in [2.24, 2.45) is 5.18 Å². The number of aryl methyl sites for hydroxylation is 1. The van der Waals surface area contributed by atoms with Crippen LogP contribution in [0.2, 0.25) is 0 Å². The van der Waals surface area contributed by atoms with E-state index in [0.29, 0.717) is 39.2 Å². The first-order valence-electron chi connectivity index (χ1n) is 9.51. The number of aromatic amines is 1. The van der Waals surface area contributed by atoms with Gasteiger partial charge in [-0.1, -0.05) is 12.1 Å². The number of ketones is 1. The summed E-state index contributed by atoms with van der Waals surface area (Å²) in [4.78, 5) is 37.8. The van der Waals surface area contributed by atoms with Gasteiger partial charge in [-0.15, -0.1) is 4.91 Å². The van der Waals surface area contributed by atoms with Crippen LogP contribution in [0.3, 0.4) is 0 Å². The number of H-pyrrole nitrogens is 1. The Morgan fingerprint density at radius 2 is 1.71 bits per heavy atom. The third-order valence-electron chi connectivity index (χ3n) is 5.08.